The zero-order valence-corrected chi connectivity index (χ0v) is 24.2. The molecule has 226 valence electrons. The number of carbonyl (C=O) groups is 4. The molecule has 0 aliphatic heterocycles. The molecule has 0 bridgehead atoms. The van der Waals surface area contributed by atoms with Crippen molar-refractivity contribution in [2.75, 3.05) is 27.7 Å². The Morgan fingerprint density at radius 3 is 1.51 bits per heavy atom. The minimum atomic E-state index is -1.28. The van der Waals surface area contributed by atoms with Crippen LogP contribution in [0.4, 0.5) is 0 Å². The summed E-state index contributed by atoms with van der Waals surface area (Å²) in [6.07, 6.45) is -0.735. The zero-order chi connectivity index (χ0) is 32.1. The number of nitrogens with zero attached hydrogens (tertiary/aromatic N) is 1. The summed E-state index contributed by atoms with van der Waals surface area (Å²) in [5.41, 5.74) is 0.112. The van der Waals surface area contributed by atoms with Crippen LogP contribution in [0.5, 0.6) is 11.5 Å². The van der Waals surface area contributed by atoms with E-state index in [0.29, 0.717) is 43.7 Å². The minimum Gasteiger partial charge on any atom is -0.507 e. The first-order valence-corrected chi connectivity index (χ1v) is 13.2. The molecule has 4 aromatic carbocycles. The van der Waals surface area contributed by atoms with E-state index in [2.05, 4.69) is 0 Å². The van der Waals surface area contributed by atoms with Crippen molar-refractivity contribution in [3.05, 3.63) is 82.9 Å². The maximum Gasteiger partial charge on any atom is 0.339 e. The number of likely N-dealkylation sites (N-methyl/N-ethyl adjacent to an activating group) is 1. The van der Waals surface area contributed by atoms with E-state index >= 15 is 0 Å². The van der Waals surface area contributed by atoms with Crippen LogP contribution in [0.25, 0.3) is 21.5 Å². The van der Waals surface area contributed by atoms with Crippen LogP contribution in [0.1, 0.15) is 45.2 Å². The number of aliphatic carboxylic acids is 1. The number of aromatic carboxylic acids is 2. The fraction of sp³-hybridized carbons (Fsp3) is 0.250. The quantitative estimate of drug-likeness (QED) is 0.137. The van der Waals surface area contributed by atoms with Gasteiger partial charge in [-0.3, -0.25) is 9.59 Å². The summed E-state index contributed by atoms with van der Waals surface area (Å²) >= 11 is 0. The Hall–Kier alpha value is -5.16. The Morgan fingerprint density at radius 1 is 0.744 bits per heavy atom. The third kappa shape index (κ3) is 8.20. The summed E-state index contributed by atoms with van der Waals surface area (Å²) in [7, 11) is 5.75. The molecule has 0 unspecified atom stereocenters. The summed E-state index contributed by atoms with van der Waals surface area (Å²) in [6, 6.07) is 16.8. The number of rotatable bonds is 9. The van der Waals surface area contributed by atoms with Crippen molar-refractivity contribution in [1.29, 1.82) is 0 Å². The fourth-order valence-corrected chi connectivity index (χ4v) is 4.87. The van der Waals surface area contributed by atoms with Gasteiger partial charge in [-0.1, -0.05) is 48.5 Å². The molecule has 0 heterocycles. The lowest BCUT2D eigenvalue weighted by molar-refractivity contribution is -0.873. The van der Waals surface area contributed by atoms with E-state index in [1.165, 1.54) is 19.1 Å². The summed E-state index contributed by atoms with van der Waals surface area (Å²) < 4.78 is 5.46. The summed E-state index contributed by atoms with van der Waals surface area (Å²) in [6.45, 7) is 1.77. The number of carboxylic acids is 3. The van der Waals surface area contributed by atoms with Crippen LogP contribution in [0.15, 0.2) is 60.7 Å². The minimum absolute atomic E-state index is 0.0407. The molecule has 0 aliphatic rings. The second-order valence-electron chi connectivity index (χ2n) is 11.0. The Morgan fingerprint density at radius 2 is 1.16 bits per heavy atom. The number of ether oxygens (including phenoxy) is 1. The van der Waals surface area contributed by atoms with Gasteiger partial charge in [0.15, 0.2) is 6.10 Å². The maximum absolute atomic E-state index is 11.6. The second-order valence-corrected chi connectivity index (χ2v) is 11.0. The Labute approximate surface area is 247 Å². The number of carbonyl (C=O) groups excluding carboxylic acids is 1. The first kappa shape index (κ1) is 32.4. The summed E-state index contributed by atoms with van der Waals surface area (Å²) in [5, 5.41) is 51.4. The molecule has 0 radical (unpaired) electrons. The van der Waals surface area contributed by atoms with Gasteiger partial charge in [0.1, 0.15) is 29.2 Å². The van der Waals surface area contributed by atoms with Gasteiger partial charge in [0, 0.05) is 24.5 Å². The largest absolute Gasteiger partial charge is 0.507 e. The molecule has 4 aromatic rings. The van der Waals surface area contributed by atoms with Gasteiger partial charge < -0.3 is 34.8 Å². The van der Waals surface area contributed by atoms with E-state index in [9.17, 15) is 39.6 Å². The number of aromatic hydroxyl groups is 2. The van der Waals surface area contributed by atoms with Crippen LogP contribution in [0.2, 0.25) is 0 Å². The SMILES string of the molecule is CC(=O)O[C@H](CC(=O)O)C[N+](C)(C)C.O=C(O)c1cc2ccccc2c(Cc2c(O)c(C(=O)O)cc3ccccc23)c1O. The topological polar surface area (TPSA) is 179 Å². The van der Waals surface area contributed by atoms with Crippen LogP contribution in [-0.2, 0) is 20.7 Å². The molecular formula is C32H34NO10+. The lowest BCUT2D eigenvalue weighted by Gasteiger charge is -2.28. The first-order chi connectivity index (χ1) is 20.1. The predicted octanol–water partition coefficient (Wildman–Crippen LogP) is 4.49. The van der Waals surface area contributed by atoms with Gasteiger partial charge in [-0.05, 0) is 33.7 Å². The molecule has 0 saturated carbocycles. The molecule has 0 aliphatic carbocycles. The van der Waals surface area contributed by atoms with Crippen molar-refractivity contribution in [3.63, 3.8) is 0 Å². The van der Waals surface area contributed by atoms with Crippen molar-refractivity contribution in [2.45, 2.75) is 25.9 Å². The van der Waals surface area contributed by atoms with Gasteiger partial charge in [0.25, 0.3) is 0 Å². The second kappa shape index (κ2) is 13.2. The Bertz CT molecular complexity index is 1590. The molecule has 1 atom stereocenters. The lowest BCUT2D eigenvalue weighted by Crippen LogP contribution is -2.43. The number of quaternary nitrogens is 1. The van der Waals surface area contributed by atoms with Gasteiger partial charge >= 0.3 is 23.9 Å². The third-order valence-corrected chi connectivity index (χ3v) is 6.55. The van der Waals surface area contributed by atoms with Crippen molar-refractivity contribution in [3.8, 4) is 11.5 Å². The van der Waals surface area contributed by atoms with Gasteiger partial charge in [-0.25, -0.2) is 9.59 Å². The van der Waals surface area contributed by atoms with E-state index in [1.54, 1.807) is 48.5 Å². The highest BCUT2D eigenvalue weighted by Gasteiger charge is 2.24. The lowest BCUT2D eigenvalue weighted by atomic mass is 9.90. The van der Waals surface area contributed by atoms with Gasteiger partial charge in [-0.15, -0.1) is 0 Å². The highest BCUT2D eigenvalue weighted by molar-refractivity contribution is 6.02. The standard InChI is InChI=1S/C23H16O6.C9H17NO4/c24-20-16(14-7-3-1-5-12(14)9-18(20)22(26)27)11-17-15-8-4-2-6-13(15)10-19(21(17)25)23(28)29;1-7(11)14-8(5-9(12)13)6-10(2,3)4/h1-10,24-25H,11H2,(H,26,27)(H,28,29);8H,5-6H2,1-4H3/p+1/t;8-/m.1/s1. The fourth-order valence-electron chi connectivity index (χ4n) is 4.87. The van der Waals surface area contributed by atoms with Crippen LogP contribution in [0, 0.1) is 0 Å². The van der Waals surface area contributed by atoms with E-state index in [1.807, 2.05) is 21.1 Å². The molecule has 0 amide bonds. The molecule has 5 N–H and O–H groups in total. The average molecular weight is 593 g/mol. The number of carboxylic acid groups (broad SMARTS) is 3. The number of hydrogen-bond donors (Lipinski definition) is 5. The summed E-state index contributed by atoms with van der Waals surface area (Å²) in [4.78, 5) is 44.4. The van der Waals surface area contributed by atoms with Crippen LogP contribution in [-0.4, -0.2) is 87.7 Å². The number of fused-ring (bicyclic) bond motifs is 2. The van der Waals surface area contributed by atoms with Crippen LogP contribution >= 0.6 is 0 Å². The first-order valence-electron chi connectivity index (χ1n) is 13.2. The van der Waals surface area contributed by atoms with Crippen molar-refractivity contribution in [2.24, 2.45) is 0 Å². The van der Waals surface area contributed by atoms with E-state index in [0.717, 1.165) is 0 Å². The average Bonchev–Trinajstić information content (AvgIpc) is 2.89. The predicted molar refractivity (Wildman–Crippen MR) is 159 cm³/mol. The Kier molecular flexibility index (Phi) is 9.94. The molecule has 43 heavy (non-hydrogen) atoms. The molecule has 11 heteroatoms. The normalized spacial score (nSPS) is 11.8. The molecule has 11 nitrogen and oxygen atoms in total. The highest BCUT2D eigenvalue weighted by Crippen LogP contribution is 2.38. The molecule has 0 saturated heterocycles. The zero-order valence-electron chi connectivity index (χ0n) is 24.2. The molecule has 0 spiro atoms. The Balaban J connectivity index is 0.000000308. The smallest absolute Gasteiger partial charge is 0.339 e. The van der Waals surface area contributed by atoms with Crippen molar-refractivity contribution < 1.29 is 53.9 Å². The highest BCUT2D eigenvalue weighted by atomic mass is 16.5. The van der Waals surface area contributed by atoms with E-state index in [-0.39, 0.29) is 24.0 Å². The van der Waals surface area contributed by atoms with E-state index < -0.39 is 41.5 Å². The number of esters is 1. The maximum atomic E-state index is 11.6. The molecule has 0 aromatic heterocycles. The molecular weight excluding hydrogens is 558 g/mol. The number of phenols is 2. The summed E-state index contributed by atoms with van der Waals surface area (Å²) in [5.74, 6) is -4.75. The monoisotopic (exact) mass is 592 g/mol. The molecule has 0 fully saturated rings. The molecule has 4 rings (SSSR count). The third-order valence-electron chi connectivity index (χ3n) is 6.55. The van der Waals surface area contributed by atoms with Crippen molar-refractivity contribution in [1.82, 2.24) is 0 Å². The van der Waals surface area contributed by atoms with Gasteiger partial charge in [0.05, 0.1) is 27.6 Å². The van der Waals surface area contributed by atoms with Crippen LogP contribution in [0.3, 0.4) is 0 Å². The van der Waals surface area contributed by atoms with Gasteiger partial charge in [0.2, 0.25) is 0 Å². The van der Waals surface area contributed by atoms with E-state index in [4.69, 9.17) is 9.84 Å². The number of hydrogen-bond acceptors (Lipinski definition) is 7. The van der Waals surface area contributed by atoms with Gasteiger partial charge in [-0.2, -0.15) is 0 Å². The van der Waals surface area contributed by atoms with Crippen molar-refractivity contribution >= 4 is 45.4 Å². The number of benzene rings is 4. The van der Waals surface area contributed by atoms with Crippen LogP contribution < -0.4 is 0 Å².